The van der Waals surface area contributed by atoms with Gasteiger partial charge in [-0.2, -0.15) is 0 Å². The van der Waals surface area contributed by atoms with E-state index in [-0.39, 0.29) is 5.88 Å². The van der Waals surface area contributed by atoms with Crippen LogP contribution < -0.4 is 4.74 Å². The first-order chi connectivity index (χ1) is 11.4. The lowest BCUT2D eigenvalue weighted by atomic mass is 10.2. The van der Waals surface area contributed by atoms with Crippen LogP contribution in [0, 0.1) is 6.92 Å². The molecule has 5 nitrogen and oxygen atoms in total. The van der Waals surface area contributed by atoms with Crippen LogP contribution in [0.5, 0.6) is 5.88 Å². The van der Waals surface area contributed by atoms with Crippen LogP contribution in [-0.4, -0.2) is 21.0 Å². The second-order valence-corrected chi connectivity index (χ2v) is 8.06. The fourth-order valence-corrected chi connectivity index (χ4v) is 4.18. The Hall–Kier alpha value is -1.54. The maximum Gasteiger partial charge on any atom is 0.512 e. The summed E-state index contributed by atoms with van der Waals surface area (Å²) in [6, 6.07) is 8.81. The van der Waals surface area contributed by atoms with Crippen LogP contribution in [-0.2, 0) is 0 Å². The molecule has 0 aliphatic rings. The van der Waals surface area contributed by atoms with Gasteiger partial charge in [-0.25, -0.2) is 9.48 Å². The molecule has 124 valence electrons. The third-order valence-electron chi connectivity index (χ3n) is 3.21. The molecule has 2 aromatic heterocycles. The highest BCUT2D eigenvalue weighted by molar-refractivity contribution is 9.11. The van der Waals surface area contributed by atoms with Gasteiger partial charge < -0.3 is 9.84 Å². The van der Waals surface area contributed by atoms with Crippen molar-refractivity contribution in [3.05, 3.63) is 49.7 Å². The molecule has 0 saturated carbocycles. The Morgan fingerprint density at radius 1 is 1.33 bits per heavy atom. The normalized spacial score (nSPS) is 10.8. The Kier molecular flexibility index (Phi) is 4.87. The molecule has 0 saturated heterocycles. The van der Waals surface area contributed by atoms with Gasteiger partial charge in [0.05, 0.1) is 25.1 Å². The van der Waals surface area contributed by atoms with Gasteiger partial charge in [-0.05, 0) is 53.2 Å². The number of halogens is 3. The maximum absolute atomic E-state index is 10.9. The second kappa shape index (κ2) is 6.76. The summed E-state index contributed by atoms with van der Waals surface area (Å²) in [6.07, 6.45) is -1.43. The molecule has 24 heavy (non-hydrogen) atoms. The highest BCUT2D eigenvalue weighted by Gasteiger charge is 2.22. The number of benzene rings is 1. The molecule has 0 unspecified atom stereocenters. The molecule has 1 aromatic carbocycles. The molecule has 0 spiro atoms. The van der Waals surface area contributed by atoms with Gasteiger partial charge in [0.2, 0.25) is 5.88 Å². The summed E-state index contributed by atoms with van der Waals surface area (Å²) < 4.78 is 7.29. The first kappa shape index (κ1) is 17.3. The Balaban J connectivity index is 2.25. The summed E-state index contributed by atoms with van der Waals surface area (Å²) in [5.74, 6) is 0.00744. The molecule has 0 aliphatic heterocycles. The number of rotatable bonds is 3. The average molecular weight is 448 g/mol. The highest BCUT2D eigenvalue weighted by Crippen LogP contribution is 2.39. The van der Waals surface area contributed by atoms with Crippen LogP contribution in [0.4, 0.5) is 4.79 Å². The summed E-state index contributed by atoms with van der Waals surface area (Å²) >= 11 is 17.2. The van der Waals surface area contributed by atoms with Gasteiger partial charge in [-0.15, -0.1) is 16.4 Å². The number of nitrogens with zero attached hydrogens (tertiary/aromatic N) is 2. The summed E-state index contributed by atoms with van der Waals surface area (Å²) in [5, 5.41) is 14.1. The van der Waals surface area contributed by atoms with Crippen molar-refractivity contribution in [1.29, 1.82) is 0 Å². The first-order valence-electron chi connectivity index (χ1n) is 6.58. The summed E-state index contributed by atoms with van der Waals surface area (Å²) in [4.78, 5) is 11.8. The number of carbonyl (C=O) groups is 1. The van der Waals surface area contributed by atoms with E-state index in [0.717, 1.165) is 8.66 Å². The highest BCUT2D eigenvalue weighted by atomic mass is 79.9. The molecule has 9 heteroatoms. The standard InChI is InChI=1S/C15H9BrCl2N2O3S/c1-7-13(11-4-5-12(16)24-11)20(19-14(7)23-15(21)22)10-3-2-8(17)6-9(10)18/h2-6H,1H3,(H,21,22). The Morgan fingerprint density at radius 2 is 2.08 bits per heavy atom. The summed E-state index contributed by atoms with van der Waals surface area (Å²) in [7, 11) is 0. The van der Waals surface area contributed by atoms with Crippen LogP contribution in [0.3, 0.4) is 0 Å². The number of thiophene rings is 1. The van der Waals surface area contributed by atoms with E-state index >= 15 is 0 Å². The number of hydrogen-bond acceptors (Lipinski definition) is 4. The van der Waals surface area contributed by atoms with E-state index in [1.165, 1.54) is 11.3 Å². The molecular formula is C15H9BrCl2N2O3S. The molecule has 3 aromatic rings. The maximum atomic E-state index is 10.9. The van der Waals surface area contributed by atoms with Gasteiger partial charge in [-0.1, -0.05) is 23.2 Å². The third kappa shape index (κ3) is 3.30. The largest absolute Gasteiger partial charge is 0.512 e. The monoisotopic (exact) mass is 446 g/mol. The van der Waals surface area contributed by atoms with Crippen LogP contribution >= 0.6 is 50.5 Å². The molecule has 2 heterocycles. The summed E-state index contributed by atoms with van der Waals surface area (Å²) in [5.41, 5.74) is 1.87. The lowest BCUT2D eigenvalue weighted by Crippen LogP contribution is -2.05. The molecule has 0 fully saturated rings. The molecule has 0 radical (unpaired) electrons. The van der Waals surface area contributed by atoms with Crippen molar-refractivity contribution in [2.24, 2.45) is 0 Å². The van der Waals surface area contributed by atoms with Crippen molar-refractivity contribution in [3.8, 4) is 22.1 Å². The van der Waals surface area contributed by atoms with Gasteiger partial charge >= 0.3 is 6.16 Å². The lowest BCUT2D eigenvalue weighted by Gasteiger charge is -2.08. The molecule has 0 amide bonds. The Bertz CT molecular complexity index is 939. The van der Waals surface area contributed by atoms with E-state index in [9.17, 15) is 4.79 Å². The molecular weight excluding hydrogens is 439 g/mol. The molecule has 0 bridgehead atoms. The van der Waals surface area contributed by atoms with Crippen molar-refractivity contribution in [2.45, 2.75) is 6.92 Å². The minimum absolute atomic E-state index is 0.00744. The summed E-state index contributed by atoms with van der Waals surface area (Å²) in [6.45, 7) is 1.74. The van der Waals surface area contributed by atoms with Gasteiger partial charge in [0.1, 0.15) is 0 Å². The van der Waals surface area contributed by atoms with E-state index in [4.69, 9.17) is 33.0 Å². The molecule has 3 rings (SSSR count). The van der Waals surface area contributed by atoms with Gasteiger partial charge in [0.15, 0.2) is 0 Å². The van der Waals surface area contributed by atoms with Crippen molar-refractivity contribution in [1.82, 2.24) is 9.78 Å². The third-order valence-corrected chi connectivity index (χ3v) is 5.38. The van der Waals surface area contributed by atoms with E-state index in [0.29, 0.717) is 27.0 Å². The van der Waals surface area contributed by atoms with Crippen molar-refractivity contribution in [3.63, 3.8) is 0 Å². The quantitative estimate of drug-likeness (QED) is 0.497. The van der Waals surface area contributed by atoms with E-state index in [1.54, 1.807) is 29.8 Å². The second-order valence-electron chi connectivity index (χ2n) is 4.76. The van der Waals surface area contributed by atoms with E-state index < -0.39 is 6.16 Å². The van der Waals surface area contributed by atoms with Crippen molar-refractivity contribution < 1.29 is 14.6 Å². The zero-order valence-corrected chi connectivity index (χ0v) is 16.0. The van der Waals surface area contributed by atoms with Gasteiger partial charge in [0.25, 0.3) is 0 Å². The Morgan fingerprint density at radius 3 is 2.67 bits per heavy atom. The van der Waals surface area contributed by atoms with Gasteiger partial charge in [-0.3, -0.25) is 0 Å². The molecule has 0 aliphatic carbocycles. The average Bonchev–Trinajstić information content (AvgIpc) is 3.03. The van der Waals surface area contributed by atoms with Crippen LogP contribution in [0.25, 0.3) is 16.3 Å². The number of hydrogen-bond donors (Lipinski definition) is 1. The van der Waals surface area contributed by atoms with Crippen molar-refractivity contribution in [2.75, 3.05) is 0 Å². The smallest absolute Gasteiger partial charge is 0.449 e. The first-order valence-corrected chi connectivity index (χ1v) is 8.95. The number of carboxylic acid groups (broad SMARTS) is 1. The fraction of sp³-hybridized carbons (Fsp3) is 0.0667. The van der Waals surface area contributed by atoms with Gasteiger partial charge in [0, 0.05) is 10.6 Å². The SMILES string of the molecule is Cc1c(OC(=O)O)nn(-c2ccc(Cl)cc2Cl)c1-c1ccc(Br)s1. The molecule has 1 N–H and O–H groups in total. The Labute approximate surface area is 159 Å². The van der Waals surface area contributed by atoms with Crippen LogP contribution in [0.15, 0.2) is 34.1 Å². The van der Waals surface area contributed by atoms with Crippen molar-refractivity contribution >= 4 is 56.6 Å². The zero-order chi connectivity index (χ0) is 17.4. The predicted molar refractivity (Wildman–Crippen MR) is 98.0 cm³/mol. The minimum Gasteiger partial charge on any atom is -0.449 e. The zero-order valence-electron chi connectivity index (χ0n) is 12.1. The fourth-order valence-electron chi connectivity index (χ4n) is 2.21. The van der Waals surface area contributed by atoms with Crippen LogP contribution in [0.2, 0.25) is 10.0 Å². The number of aromatic nitrogens is 2. The number of ether oxygens (including phenoxy) is 1. The topological polar surface area (TPSA) is 64.3 Å². The van der Waals surface area contributed by atoms with E-state index in [1.807, 2.05) is 12.1 Å². The predicted octanol–water partition coefficient (Wildman–Crippen LogP) is 6.04. The lowest BCUT2D eigenvalue weighted by molar-refractivity contribution is 0.142. The van der Waals surface area contributed by atoms with Crippen LogP contribution in [0.1, 0.15) is 5.56 Å². The molecule has 0 atom stereocenters. The minimum atomic E-state index is -1.43. The van der Waals surface area contributed by atoms with E-state index in [2.05, 4.69) is 21.0 Å².